The van der Waals surface area contributed by atoms with E-state index < -0.39 is 11.9 Å². The van der Waals surface area contributed by atoms with Crippen LogP contribution in [0.15, 0.2) is 12.3 Å². The number of hydrogen-bond donors (Lipinski definition) is 0. The van der Waals surface area contributed by atoms with Crippen LogP contribution in [0.1, 0.15) is 33.1 Å². The van der Waals surface area contributed by atoms with Gasteiger partial charge in [0.2, 0.25) is 0 Å². The zero-order valence-electron chi connectivity index (χ0n) is 10.5. The van der Waals surface area contributed by atoms with Crippen molar-refractivity contribution in [2.75, 3.05) is 6.61 Å². The summed E-state index contributed by atoms with van der Waals surface area (Å²) in [4.78, 5) is 43.2. The monoisotopic (exact) mass is 256 g/mol. The Balaban J connectivity index is 3.77. The topological polar surface area (TPSA) is 86.7 Å². The molecule has 0 saturated heterocycles. The molecular weight excluding hydrogens is 240 g/mol. The van der Waals surface area contributed by atoms with E-state index in [1.807, 2.05) is 0 Å². The average molecular weight is 256 g/mol. The average Bonchev–Trinajstić information content (AvgIpc) is 2.13. The highest BCUT2D eigenvalue weighted by Gasteiger charge is 2.10. The molecule has 0 aromatic rings. The summed E-state index contributed by atoms with van der Waals surface area (Å²) >= 11 is 0. The molecule has 0 aliphatic rings. The van der Waals surface area contributed by atoms with E-state index >= 15 is 0 Å². The quantitative estimate of drug-likeness (QED) is 0.365. The Labute approximate surface area is 105 Å². The van der Waals surface area contributed by atoms with Crippen LogP contribution in [0, 0.1) is 0 Å². The van der Waals surface area contributed by atoms with Gasteiger partial charge < -0.3 is 9.47 Å². The molecule has 18 heavy (non-hydrogen) atoms. The molecule has 6 heteroatoms. The summed E-state index contributed by atoms with van der Waals surface area (Å²) in [5.41, 5.74) is 0. The second-order valence-corrected chi connectivity index (χ2v) is 3.74. The van der Waals surface area contributed by atoms with Crippen LogP contribution in [-0.4, -0.2) is 30.1 Å². The van der Waals surface area contributed by atoms with E-state index in [0.29, 0.717) is 0 Å². The SMILES string of the molecule is C=C(CCOC(=O)CC(C)=O)OC(=O)CC(C)=O. The molecule has 0 rings (SSSR count). The Hall–Kier alpha value is -1.98. The van der Waals surface area contributed by atoms with Crippen LogP contribution in [0.4, 0.5) is 0 Å². The van der Waals surface area contributed by atoms with Crippen LogP contribution in [0.5, 0.6) is 0 Å². The lowest BCUT2D eigenvalue weighted by molar-refractivity contribution is -0.145. The molecule has 0 N–H and O–H groups in total. The van der Waals surface area contributed by atoms with Crippen LogP contribution in [-0.2, 0) is 28.7 Å². The molecule has 0 aliphatic carbocycles. The molecule has 0 aliphatic heterocycles. The molecule has 0 fully saturated rings. The molecular formula is C12H16O6. The van der Waals surface area contributed by atoms with Gasteiger partial charge in [-0.1, -0.05) is 6.58 Å². The predicted molar refractivity (Wildman–Crippen MR) is 61.4 cm³/mol. The molecule has 6 nitrogen and oxygen atoms in total. The van der Waals surface area contributed by atoms with Gasteiger partial charge in [-0.15, -0.1) is 0 Å². The van der Waals surface area contributed by atoms with Gasteiger partial charge in [-0.3, -0.25) is 19.2 Å². The maximum Gasteiger partial charge on any atom is 0.318 e. The molecule has 0 radical (unpaired) electrons. The lowest BCUT2D eigenvalue weighted by Gasteiger charge is -2.07. The minimum atomic E-state index is -0.692. The van der Waals surface area contributed by atoms with Gasteiger partial charge in [0.1, 0.15) is 30.2 Å². The first kappa shape index (κ1) is 16.0. The van der Waals surface area contributed by atoms with Gasteiger partial charge in [-0.2, -0.15) is 0 Å². The Kier molecular flexibility index (Phi) is 7.26. The minimum absolute atomic E-state index is 0.0295. The first-order chi connectivity index (χ1) is 8.31. The molecule has 0 bridgehead atoms. The van der Waals surface area contributed by atoms with Crippen LogP contribution in [0.2, 0.25) is 0 Å². The van der Waals surface area contributed by atoms with Crippen LogP contribution >= 0.6 is 0 Å². The van der Waals surface area contributed by atoms with Gasteiger partial charge in [0, 0.05) is 6.42 Å². The van der Waals surface area contributed by atoms with Crippen LogP contribution in [0.25, 0.3) is 0 Å². The molecule has 0 saturated carbocycles. The van der Waals surface area contributed by atoms with E-state index in [0.717, 1.165) is 0 Å². The summed E-state index contributed by atoms with van der Waals surface area (Å²) in [6.45, 7) is 5.97. The lowest BCUT2D eigenvalue weighted by atomic mass is 10.3. The van der Waals surface area contributed by atoms with Crippen molar-refractivity contribution in [3.63, 3.8) is 0 Å². The summed E-state index contributed by atoms with van der Waals surface area (Å²) < 4.78 is 9.42. The Morgan fingerprint density at radius 3 is 1.94 bits per heavy atom. The third-order valence-corrected chi connectivity index (χ3v) is 1.69. The Bertz CT molecular complexity index is 369. The predicted octanol–water partition coefficient (Wildman–Crippen LogP) is 0.935. The molecule has 0 spiro atoms. The molecule has 0 unspecified atom stereocenters. The number of carbonyl (C=O) groups is 4. The van der Waals surface area contributed by atoms with E-state index in [2.05, 4.69) is 6.58 Å². The summed E-state index contributed by atoms with van der Waals surface area (Å²) in [5, 5.41) is 0. The largest absolute Gasteiger partial charge is 0.465 e. The molecule has 0 aromatic heterocycles. The number of carbonyl (C=O) groups excluding carboxylic acids is 4. The Morgan fingerprint density at radius 2 is 1.44 bits per heavy atom. The van der Waals surface area contributed by atoms with Crippen LogP contribution in [0.3, 0.4) is 0 Å². The van der Waals surface area contributed by atoms with Crippen molar-refractivity contribution < 1.29 is 28.7 Å². The van der Waals surface area contributed by atoms with E-state index in [1.54, 1.807) is 0 Å². The number of esters is 2. The smallest absolute Gasteiger partial charge is 0.318 e. The number of ether oxygens (including phenoxy) is 2. The van der Waals surface area contributed by atoms with Gasteiger partial charge in [0.25, 0.3) is 0 Å². The first-order valence-corrected chi connectivity index (χ1v) is 5.34. The van der Waals surface area contributed by atoms with Gasteiger partial charge in [0.15, 0.2) is 0 Å². The molecule has 0 aromatic carbocycles. The highest BCUT2D eigenvalue weighted by atomic mass is 16.5. The van der Waals surface area contributed by atoms with Crippen molar-refractivity contribution in [2.45, 2.75) is 33.1 Å². The van der Waals surface area contributed by atoms with Crippen molar-refractivity contribution in [1.29, 1.82) is 0 Å². The van der Waals surface area contributed by atoms with Crippen molar-refractivity contribution in [2.24, 2.45) is 0 Å². The fraction of sp³-hybridized carbons (Fsp3) is 0.500. The van der Waals surface area contributed by atoms with E-state index in [-0.39, 0.29) is 43.2 Å². The van der Waals surface area contributed by atoms with Crippen LogP contribution < -0.4 is 0 Å². The third-order valence-electron chi connectivity index (χ3n) is 1.69. The highest BCUT2D eigenvalue weighted by molar-refractivity contribution is 5.94. The summed E-state index contributed by atoms with van der Waals surface area (Å²) in [5.74, 6) is -1.81. The molecule has 0 amide bonds. The second-order valence-electron chi connectivity index (χ2n) is 3.74. The van der Waals surface area contributed by atoms with Gasteiger partial charge >= 0.3 is 11.9 Å². The standard InChI is InChI=1S/C12H16O6/c1-8(13)6-11(15)17-5-4-10(3)18-12(16)7-9(2)14/h3-7H2,1-2H3. The van der Waals surface area contributed by atoms with Crippen molar-refractivity contribution in [1.82, 2.24) is 0 Å². The molecule has 100 valence electrons. The normalized spacial score (nSPS) is 9.44. The first-order valence-electron chi connectivity index (χ1n) is 5.34. The zero-order valence-corrected chi connectivity index (χ0v) is 10.5. The maximum atomic E-state index is 11.1. The fourth-order valence-corrected chi connectivity index (χ4v) is 0.984. The zero-order chi connectivity index (χ0) is 14.1. The number of Topliss-reactive ketones (excluding diaryl/α,β-unsaturated/α-hetero) is 2. The molecule has 0 heterocycles. The number of hydrogen-bond acceptors (Lipinski definition) is 6. The summed E-state index contributed by atoms with van der Waals surface area (Å²) in [7, 11) is 0. The highest BCUT2D eigenvalue weighted by Crippen LogP contribution is 2.03. The van der Waals surface area contributed by atoms with Gasteiger partial charge in [0.05, 0.1) is 6.61 Å². The number of rotatable bonds is 8. The van der Waals surface area contributed by atoms with Crippen molar-refractivity contribution >= 4 is 23.5 Å². The fourth-order valence-electron chi connectivity index (χ4n) is 0.984. The maximum absolute atomic E-state index is 11.1. The number of ketones is 2. The van der Waals surface area contributed by atoms with Gasteiger partial charge in [-0.05, 0) is 13.8 Å². The van der Waals surface area contributed by atoms with E-state index in [9.17, 15) is 19.2 Å². The van der Waals surface area contributed by atoms with Gasteiger partial charge in [-0.25, -0.2) is 0 Å². The Morgan fingerprint density at radius 1 is 0.944 bits per heavy atom. The van der Waals surface area contributed by atoms with E-state index in [1.165, 1.54) is 13.8 Å². The van der Waals surface area contributed by atoms with E-state index in [4.69, 9.17) is 9.47 Å². The van der Waals surface area contributed by atoms with Crippen molar-refractivity contribution in [3.8, 4) is 0 Å². The lowest BCUT2D eigenvalue weighted by Crippen LogP contribution is -2.12. The molecule has 0 atom stereocenters. The summed E-state index contributed by atoms with van der Waals surface area (Å²) in [6.07, 6.45) is -0.465. The summed E-state index contributed by atoms with van der Waals surface area (Å²) in [6, 6.07) is 0. The minimum Gasteiger partial charge on any atom is -0.465 e. The second kappa shape index (κ2) is 8.16. The third kappa shape index (κ3) is 9.26. The van der Waals surface area contributed by atoms with Crippen molar-refractivity contribution in [3.05, 3.63) is 12.3 Å².